The van der Waals surface area contributed by atoms with Gasteiger partial charge in [0.05, 0.1) is 0 Å². The quantitative estimate of drug-likeness (QED) is 0.793. The van der Waals surface area contributed by atoms with E-state index >= 15 is 0 Å². The molecule has 1 heterocycles. The van der Waals surface area contributed by atoms with Gasteiger partial charge in [-0.05, 0) is 61.6 Å². The summed E-state index contributed by atoms with van der Waals surface area (Å²) in [5, 5.41) is 2.90. The van der Waals surface area contributed by atoms with Crippen LogP contribution in [0.2, 0.25) is 0 Å². The van der Waals surface area contributed by atoms with Crippen LogP contribution < -0.4 is 15.0 Å². The minimum Gasteiger partial charge on any atom is -0.481 e. The maximum Gasteiger partial charge on any atom is 0.265 e. The molecular weight excluding hydrogens is 352 g/mol. The zero-order valence-corrected chi connectivity index (χ0v) is 17.0. The third-order valence-corrected chi connectivity index (χ3v) is 5.05. The van der Waals surface area contributed by atoms with E-state index in [1.54, 1.807) is 11.8 Å². The largest absolute Gasteiger partial charge is 0.481 e. The Balaban J connectivity index is 1.68. The van der Waals surface area contributed by atoms with Crippen molar-refractivity contribution in [3.63, 3.8) is 0 Å². The highest BCUT2D eigenvalue weighted by molar-refractivity contribution is 5.97. The molecule has 1 atom stereocenters. The number of nitrogens with one attached hydrogen (secondary N) is 1. The van der Waals surface area contributed by atoms with E-state index in [4.69, 9.17) is 4.74 Å². The lowest BCUT2D eigenvalue weighted by atomic mass is 10.0. The van der Waals surface area contributed by atoms with Crippen molar-refractivity contribution in [1.82, 2.24) is 0 Å². The van der Waals surface area contributed by atoms with Crippen LogP contribution in [0, 0.1) is 6.92 Å². The average Bonchev–Trinajstić information content (AvgIpc) is 3.09. The van der Waals surface area contributed by atoms with E-state index in [-0.39, 0.29) is 11.8 Å². The Morgan fingerprint density at radius 1 is 1.14 bits per heavy atom. The Kier molecular flexibility index (Phi) is 6.02. The minimum absolute atomic E-state index is 0.126. The molecule has 5 heteroatoms. The van der Waals surface area contributed by atoms with Gasteiger partial charge in [-0.15, -0.1) is 0 Å². The van der Waals surface area contributed by atoms with Crippen LogP contribution in [0.4, 0.5) is 11.4 Å². The molecule has 1 aliphatic heterocycles. The van der Waals surface area contributed by atoms with Crippen LogP contribution >= 0.6 is 0 Å². The second-order valence-corrected chi connectivity index (χ2v) is 7.63. The molecule has 0 bridgehead atoms. The number of amides is 2. The van der Waals surface area contributed by atoms with Crippen LogP contribution in [0.1, 0.15) is 50.7 Å². The predicted octanol–water partition coefficient (Wildman–Crippen LogP) is 4.65. The number of anilines is 2. The first-order chi connectivity index (χ1) is 13.3. The number of nitrogens with zero attached hydrogens (tertiary/aromatic N) is 1. The third kappa shape index (κ3) is 4.53. The number of hydrogen-bond acceptors (Lipinski definition) is 3. The molecule has 1 aliphatic rings. The number of rotatable bonds is 6. The Hall–Kier alpha value is -2.82. The zero-order chi connectivity index (χ0) is 20.3. The summed E-state index contributed by atoms with van der Waals surface area (Å²) in [5.41, 5.74) is 3.65. The number of carbonyl (C=O) groups excluding carboxylic acids is 2. The smallest absolute Gasteiger partial charge is 0.265 e. The SMILES string of the molecule is Cc1ccc(C(C)C)cc1OC(C)C(=O)Nc1cccc(N2CCCC2=O)c1. The molecule has 2 amide bonds. The van der Waals surface area contributed by atoms with E-state index in [1.165, 1.54) is 5.56 Å². The van der Waals surface area contributed by atoms with Gasteiger partial charge in [0.25, 0.3) is 5.91 Å². The normalized spacial score (nSPS) is 15.0. The van der Waals surface area contributed by atoms with Gasteiger partial charge in [0, 0.05) is 24.3 Å². The predicted molar refractivity (Wildman–Crippen MR) is 112 cm³/mol. The molecule has 1 N–H and O–H groups in total. The van der Waals surface area contributed by atoms with Gasteiger partial charge in [-0.25, -0.2) is 0 Å². The summed E-state index contributed by atoms with van der Waals surface area (Å²) in [6.45, 7) is 8.69. The van der Waals surface area contributed by atoms with Crippen LogP contribution in [-0.4, -0.2) is 24.5 Å². The van der Waals surface area contributed by atoms with Gasteiger partial charge in [-0.1, -0.05) is 32.0 Å². The van der Waals surface area contributed by atoms with Crippen LogP contribution in [0.3, 0.4) is 0 Å². The van der Waals surface area contributed by atoms with Crippen LogP contribution in [0.5, 0.6) is 5.75 Å². The molecule has 1 saturated heterocycles. The van der Waals surface area contributed by atoms with Gasteiger partial charge in [0.2, 0.25) is 5.91 Å². The van der Waals surface area contributed by atoms with E-state index in [0.29, 0.717) is 18.0 Å². The first-order valence-electron chi connectivity index (χ1n) is 9.83. The lowest BCUT2D eigenvalue weighted by Crippen LogP contribution is -2.30. The van der Waals surface area contributed by atoms with Crippen LogP contribution in [0.15, 0.2) is 42.5 Å². The van der Waals surface area contributed by atoms with E-state index in [1.807, 2.05) is 43.3 Å². The van der Waals surface area contributed by atoms with Gasteiger partial charge in [0.15, 0.2) is 6.10 Å². The van der Waals surface area contributed by atoms with Crippen LogP contribution in [0.25, 0.3) is 0 Å². The summed E-state index contributed by atoms with van der Waals surface area (Å²) in [6.07, 6.45) is 0.809. The lowest BCUT2D eigenvalue weighted by molar-refractivity contribution is -0.122. The topological polar surface area (TPSA) is 58.6 Å². The molecule has 1 unspecified atom stereocenters. The van der Waals surface area contributed by atoms with Gasteiger partial charge < -0.3 is 15.0 Å². The zero-order valence-electron chi connectivity index (χ0n) is 17.0. The fraction of sp³-hybridized carbons (Fsp3) is 0.391. The molecule has 148 valence electrons. The van der Waals surface area contributed by atoms with E-state index in [2.05, 4.69) is 25.2 Å². The van der Waals surface area contributed by atoms with Crippen molar-refractivity contribution >= 4 is 23.2 Å². The van der Waals surface area contributed by atoms with Gasteiger partial charge in [-0.2, -0.15) is 0 Å². The summed E-state index contributed by atoms with van der Waals surface area (Å²) in [7, 11) is 0. The third-order valence-electron chi connectivity index (χ3n) is 5.05. The van der Waals surface area contributed by atoms with Crippen molar-refractivity contribution in [2.45, 2.75) is 52.6 Å². The fourth-order valence-electron chi connectivity index (χ4n) is 3.26. The number of benzene rings is 2. The second-order valence-electron chi connectivity index (χ2n) is 7.63. The van der Waals surface area contributed by atoms with Crippen molar-refractivity contribution < 1.29 is 14.3 Å². The number of aryl methyl sites for hydroxylation is 1. The second kappa shape index (κ2) is 8.46. The minimum atomic E-state index is -0.641. The van der Waals surface area contributed by atoms with E-state index < -0.39 is 6.10 Å². The Labute approximate surface area is 166 Å². The molecule has 0 radical (unpaired) electrons. The van der Waals surface area contributed by atoms with Gasteiger partial charge in [0.1, 0.15) is 5.75 Å². The van der Waals surface area contributed by atoms with Crippen molar-refractivity contribution in [3.8, 4) is 5.75 Å². The fourth-order valence-corrected chi connectivity index (χ4v) is 3.26. The lowest BCUT2D eigenvalue weighted by Gasteiger charge is -2.19. The summed E-state index contributed by atoms with van der Waals surface area (Å²) >= 11 is 0. The van der Waals surface area contributed by atoms with Gasteiger partial charge in [-0.3, -0.25) is 9.59 Å². The average molecular weight is 380 g/mol. The Morgan fingerprint density at radius 3 is 2.61 bits per heavy atom. The first kappa shape index (κ1) is 19.9. The summed E-state index contributed by atoms with van der Waals surface area (Å²) in [4.78, 5) is 26.3. The maximum atomic E-state index is 12.6. The Bertz CT molecular complexity index is 876. The highest BCUT2D eigenvalue weighted by Crippen LogP contribution is 2.26. The molecule has 2 aromatic rings. The van der Waals surface area contributed by atoms with Gasteiger partial charge >= 0.3 is 0 Å². The highest BCUT2D eigenvalue weighted by Gasteiger charge is 2.22. The van der Waals surface area contributed by atoms with Crippen LogP contribution in [-0.2, 0) is 9.59 Å². The maximum absolute atomic E-state index is 12.6. The molecule has 2 aromatic carbocycles. The molecular formula is C23H28N2O3. The number of carbonyl (C=O) groups is 2. The summed E-state index contributed by atoms with van der Waals surface area (Å²) in [5.74, 6) is 1.02. The molecule has 1 fully saturated rings. The monoisotopic (exact) mass is 380 g/mol. The van der Waals surface area contributed by atoms with E-state index in [0.717, 1.165) is 30.0 Å². The summed E-state index contributed by atoms with van der Waals surface area (Å²) < 4.78 is 5.94. The van der Waals surface area contributed by atoms with Crippen molar-refractivity contribution in [2.75, 3.05) is 16.8 Å². The molecule has 0 saturated carbocycles. The standard InChI is InChI=1S/C23H28N2O3/c1-15(2)18-11-10-16(3)21(13-18)28-17(4)23(27)24-19-7-5-8-20(14-19)25-12-6-9-22(25)26/h5,7-8,10-11,13-15,17H,6,9,12H2,1-4H3,(H,24,27). The summed E-state index contributed by atoms with van der Waals surface area (Å²) in [6, 6.07) is 13.5. The number of hydrogen-bond donors (Lipinski definition) is 1. The molecule has 5 nitrogen and oxygen atoms in total. The molecule has 0 aromatic heterocycles. The van der Waals surface area contributed by atoms with Crippen molar-refractivity contribution in [2.24, 2.45) is 0 Å². The highest BCUT2D eigenvalue weighted by atomic mass is 16.5. The molecule has 3 rings (SSSR count). The molecule has 28 heavy (non-hydrogen) atoms. The number of ether oxygens (including phenoxy) is 1. The molecule has 0 aliphatic carbocycles. The van der Waals surface area contributed by atoms with E-state index in [9.17, 15) is 9.59 Å². The first-order valence-corrected chi connectivity index (χ1v) is 9.83. The Morgan fingerprint density at radius 2 is 1.93 bits per heavy atom. The molecule has 0 spiro atoms. The van der Waals surface area contributed by atoms with Crippen molar-refractivity contribution in [1.29, 1.82) is 0 Å². The van der Waals surface area contributed by atoms with Crippen molar-refractivity contribution in [3.05, 3.63) is 53.6 Å².